The average molecular weight is 476 g/mol. The summed E-state index contributed by atoms with van der Waals surface area (Å²) >= 11 is 0. The molecule has 1 amide bonds. The first-order chi connectivity index (χ1) is 17.1. The van der Waals surface area contributed by atoms with Crippen molar-refractivity contribution in [3.05, 3.63) is 42.4 Å². The minimum absolute atomic E-state index is 0.224. The van der Waals surface area contributed by atoms with Gasteiger partial charge in [0.1, 0.15) is 17.0 Å². The van der Waals surface area contributed by atoms with Crippen molar-refractivity contribution in [2.45, 2.75) is 43.9 Å². The summed E-state index contributed by atoms with van der Waals surface area (Å²) in [6, 6.07) is 6.09. The van der Waals surface area contributed by atoms with E-state index in [1.165, 1.54) is 6.20 Å². The van der Waals surface area contributed by atoms with E-state index in [9.17, 15) is 9.90 Å². The van der Waals surface area contributed by atoms with E-state index in [0.29, 0.717) is 29.6 Å². The van der Waals surface area contributed by atoms with Gasteiger partial charge in [-0.05, 0) is 43.7 Å². The van der Waals surface area contributed by atoms with Gasteiger partial charge in [0.2, 0.25) is 0 Å². The van der Waals surface area contributed by atoms with Crippen LogP contribution in [0.3, 0.4) is 0 Å². The van der Waals surface area contributed by atoms with Crippen molar-refractivity contribution in [2.24, 2.45) is 5.92 Å². The molecule has 10 heteroatoms. The first-order valence-corrected chi connectivity index (χ1v) is 12.1. The Balaban J connectivity index is 1.42. The summed E-state index contributed by atoms with van der Waals surface area (Å²) in [6.45, 7) is 0.781. The molecular formula is C25H29N7O3. The zero-order valence-electron chi connectivity index (χ0n) is 19.8. The van der Waals surface area contributed by atoms with E-state index in [0.717, 1.165) is 54.0 Å². The van der Waals surface area contributed by atoms with Gasteiger partial charge in [-0.1, -0.05) is 0 Å². The lowest BCUT2D eigenvalue weighted by atomic mass is 9.80. The summed E-state index contributed by atoms with van der Waals surface area (Å²) in [5, 5.41) is 21.4. The Hall–Kier alpha value is -3.50. The van der Waals surface area contributed by atoms with Gasteiger partial charge in [-0.15, -0.1) is 0 Å². The zero-order valence-corrected chi connectivity index (χ0v) is 19.8. The Morgan fingerprint density at radius 3 is 2.86 bits per heavy atom. The third-order valence-electron chi connectivity index (χ3n) is 7.40. The highest BCUT2D eigenvalue weighted by atomic mass is 16.5. The van der Waals surface area contributed by atoms with Crippen molar-refractivity contribution in [2.75, 3.05) is 26.1 Å². The van der Waals surface area contributed by atoms with Crippen LogP contribution in [0, 0.1) is 5.92 Å². The number of rotatable bonds is 7. The molecule has 2 saturated carbocycles. The van der Waals surface area contributed by atoms with Gasteiger partial charge in [-0.2, -0.15) is 9.61 Å². The van der Waals surface area contributed by atoms with Crippen LogP contribution in [0.25, 0.3) is 27.9 Å². The monoisotopic (exact) mass is 475 g/mol. The smallest absolute Gasteiger partial charge is 0.257 e. The van der Waals surface area contributed by atoms with Crippen molar-refractivity contribution in [3.8, 4) is 11.3 Å². The number of nitrogens with one attached hydrogen (secondary N) is 2. The number of amides is 1. The van der Waals surface area contributed by atoms with Crippen LogP contribution in [-0.4, -0.2) is 68.1 Å². The van der Waals surface area contributed by atoms with E-state index in [1.807, 2.05) is 25.4 Å². The standard InChI is InChI=1S/C25H29N7O3/c1-26-22-10-20(29-24-17(11-28-32(22)24)25(34)30-19-5-6-21(19)33)18-12-31(15-8-14(9-15)13-35-2)23-16(18)4-3-7-27-23/h3-4,7,10-12,14-15,19,21,26,33H,5-6,8-9,13H2,1-2H3,(H,30,34)/t14-,15+,19?,21?. The summed E-state index contributed by atoms with van der Waals surface area (Å²) < 4.78 is 9.21. The number of carbonyl (C=O) groups excluding carboxylic acids is 1. The molecule has 0 saturated heterocycles. The van der Waals surface area contributed by atoms with Gasteiger partial charge in [0.25, 0.3) is 5.91 Å². The molecule has 2 aliphatic carbocycles. The number of aliphatic hydroxyl groups excluding tert-OH is 1. The molecule has 0 spiro atoms. The molecule has 0 aliphatic heterocycles. The van der Waals surface area contributed by atoms with Crippen LogP contribution in [0.15, 0.2) is 36.8 Å². The minimum atomic E-state index is -0.495. The van der Waals surface area contributed by atoms with Crippen LogP contribution in [0.4, 0.5) is 5.82 Å². The molecule has 35 heavy (non-hydrogen) atoms. The van der Waals surface area contributed by atoms with Gasteiger partial charge < -0.3 is 25.0 Å². The Kier molecular flexibility index (Phi) is 5.42. The molecule has 2 unspecified atom stereocenters. The summed E-state index contributed by atoms with van der Waals surface area (Å²) in [6.07, 6.45) is 8.57. The minimum Gasteiger partial charge on any atom is -0.391 e. The first kappa shape index (κ1) is 22.0. The van der Waals surface area contributed by atoms with Crippen molar-refractivity contribution in [1.82, 2.24) is 29.5 Å². The fraction of sp³-hybridized carbons (Fsp3) is 0.440. The van der Waals surface area contributed by atoms with E-state index in [-0.39, 0.29) is 11.9 Å². The number of methoxy groups -OCH3 is 1. The normalized spacial score (nSPS) is 23.7. The molecule has 0 bridgehead atoms. The van der Waals surface area contributed by atoms with Gasteiger partial charge in [-0.3, -0.25) is 4.79 Å². The van der Waals surface area contributed by atoms with E-state index >= 15 is 0 Å². The van der Waals surface area contributed by atoms with E-state index < -0.39 is 6.10 Å². The van der Waals surface area contributed by atoms with Crippen LogP contribution in [0.5, 0.6) is 0 Å². The molecule has 6 rings (SSSR count). The Labute approximate surface area is 202 Å². The van der Waals surface area contributed by atoms with Crippen molar-refractivity contribution in [3.63, 3.8) is 0 Å². The molecule has 2 aliphatic rings. The number of hydrogen-bond donors (Lipinski definition) is 3. The van der Waals surface area contributed by atoms with Crippen molar-refractivity contribution >= 4 is 28.4 Å². The SMILES string of the molecule is CNc1cc(-c2cn([C@H]3C[C@@H](COC)C3)c3ncccc23)nc2c(C(=O)NC3CCC3O)cnn12. The molecular weight excluding hydrogens is 446 g/mol. The lowest BCUT2D eigenvalue weighted by Crippen LogP contribution is -2.50. The van der Waals surface area contributed by atoms with Gasteiger partial charge >= 0.3 is 0 Å². The largest absolute Gasteiger partial charge is 0.391 e. The van der Waals surface area contributed by atoms with E-state index in [1.54, 1.807) is 11.6 Å². The molecule has 0 aromatic carbocycles. The Morgan fingerprint density at radius 2 is 2.14 bits per heavy atom. The molecule has 4 heterocycles. The number of hydrogen-bond acceptors (Lipinski definition) is 7. The number of pyridine rings is 1. The number of fused-ring (bicyclic) bond motifs is 2. The molecule has 4 aromatic rings. The molecule has 182 valence electrons. The van der Waals surface area contributed by atoms with E-state index in [2.05, 4.69) is 37.5 Å². The molecule has 2 atom stereocenters. The van der Waals surface area contributed by atoms with Gasteiger partial charge in [-0.25, -0.2) is 9.97 Å². The summed E-state index contributed by atoms with van der Waals surface area (Å²) in [5.41, 5.74) is 3.48. The summed E-state index contributed by atoms with van der Waals surface area (Å²) in [4.78, 5) is 22.6. The molecule has 10 nitrogen and oxygen atoms in total. The molecule has 3 N–H and O–H groups in total. The highest BCUT2D eigenvalue weighted by molar-refractivity contribution is 6.01. The van der Waals surface area contributed by atoms with Crippen LogP contribution in [0.2, 0.25) is 0 Å². The maximum Gasteiger partial charge on any atom is 0.257 e. The third kappa shape index (κ3) is 3.64. The maximum atomic E-state index is 13.0. The Morgan fingerprint density at radius 1 is 1.29 bits per heavy atom. The molecule has 4 aromatic heterocycles. The van der Waals surface area contributed by atoms with Crippen LogP contribution >= 0.6 is 0 Å². The number of aromatic nitrogens is 5. The maximum absolute atomic E-state index is 13.0. The quantitative estimate of drug-likeness (QED) is 0.376. The van der Waals surface area contributed by atoms with Crippen LogP contribution < -0.4 is 10.6 Å². The second-order valence-corrected chi connectivity index (χ2v) is 9.57. The van der Waals surface area contributed by atoms with Crippen molar-refractivity contribution in [1.29, 1.82) is 0 Å². The average Bonchev–Trinajstić information content (AvgIpc) is 3.45. The number of anilines is 1. The van der Waals surface area contributed by atoms with E-state index in [4.69, 9.17) is 9.72 Å². The number of aliphatic hydroxyl groups is 1. The molecule has 2 fully saturated rings. The zero-order chi connectivity index (χ0) is 24.1. The molecule has 0 radical (unpaired) electrons. The van der Waals surface area contributed by atoms with Gasteiger partial charge in [0.15, 0.2) is 5.65 Å². The number of carbonyl (C=O) groups is 1. The fourth-order valence-electron chi connectivity index (χ4n) is 5.20. The lowest BCUT2D eigenvalue weighted by molar-refractivity contribution is 0.0448. The predicted molar refractivity (Wildman–Crippen MR) is 131 cm³/mol. The van der Waals surface area contributed by atoms with Gasteiger partial charge in [0, 0.05) is 56.2 Å². The highest BCUT2D eigenvalue weighted by Gasteiger charge is 2.33. The van der Waals surface area contributed by atoms with Gasteiger partial charge in [0.05, 0.1) is 24.0 Å². The number of nitrogens with zero attached hydrogens (tertiary/aromatic N) is 5. The van der Waals surface area contributed by atoms with Crippen molar-refractivity contribution < 1.29 is 14.6 Å². The van der Waals surface area contributed by atoms with Crippen LogP contribution in [-0.2, 0) is 4.74 Å². The summed E-state index contributed by atoms with van der Waals surface area (Å²) in [7, 11) is 3.57. The van der Waals surface area contributed by atoms with Crippen LogP contribution in [0.1, 0.15) is 42.1 Å². The topological polar surface area (TPSA) is 119 Å². The fourth-order valence-corrected chi connectivity index (χ4v) is 5.20. The number of ether oxygens (including phenoxy) is 1. The highest BCUT2D eigenvalue weighted by Crippen LogP contribution is 2.42. The summed E-state index contributed by atoms with van der Waals surface area (Å²) in [5.74, 6) is 1.02. The lowest BCUT2D eigenvalue weighted by Gasteiger charge is -2.36. The second kappa shape index (κ2) is 8.62. The second-order valence-electron chi connectivity index (χ2n) is 9.57. The Bertz CT molecular complexity index is 1410. The first-order valence-electron chi connectivity index (χ1n) is 12.1. The predicted octanol–water partition coefficient (Wildman–Crippen LogP) is 2.64. The third-order valence-corrected chi connectivity index (χ3v) is 7.40.